The largest absolute Gasteiger partial charge is 0.478 e. The number of aliphatic carboxylic acids is 1. The van der Waals surface area contributed by atoms with Crippen molar-refractivity contribution in [3.8, 4) is 0 Å². The van der Waals surface area contributed by atoms with Gasteiger partial charge in [-0.15, -0.1) is 0 Å². The van der Waals surface area contributed by atoms with Gasteiger partial charge in [0.15, 0.2) is 0 Å². The van der Waals surface area contributed by atoms with Gasteiger partial charge in [0.25, 0.3) is 0 Å². The third-order valence-corrected chi connectivity index (χ3v) is 2.32. The predicted molar refractivity (Wildman–Crippen MR) is 53.2 cm³/mol. The smallest absolute Gasteiger partial charge is 0.328 e. The Kier molecular flexibility index (Phi) is 4.10. The van der Waals surface area contributed by atoms with E-state index in [9.17, 15) is 4.79 Å². The molecule has 0 spiro atoms. The highest BCUT2D eigenvalue weighted by atomic mass is 16.5. The summed E-state index contributed by atoms with van der Waals surface area (Å²) >= 11 is 0. The van der Waals surface area contributed by atoms with Crippen LogP contribution in [0.5, 0.6) is 0 Å². The van der Waals surface area contributed by atoms with Crippen LogP contribution >= 0.6 is 0 Å². The van der Waals surface area contributed by atoms with Crippen molar-refractivity contribution in [3.05, 3.63) is 12.2 Å². The Morgan fingerprint density at radius 1 is 1.71 bits per heavy atom. The fourth-order valence-corrected chi connectivity index (χ4v) is 1.56. The molecule has 0 aliphatic carbocycles. The average molecular weight is 199 g/mol. The molecule has 1 fully saturated rings. The quantitative estimate of drug-likeness (QED) is 0.507. The molecule has 1 aliphatic heterocycles. The molecule has 0 bridgehead atoms. The number of carboxylic acids is 1. The van der Waals surface area contributed by atoms with E-state index in [0.717, 1.165) is 32.1 Å². The first-order valence-corrected chi connectivity index (χ1v) is 4.87. The number of hydrogen-bond acceptors (Lipinski definition) is 3. The molecule has 0 aromatic rings. The fourth-order valence-electron chi connectivity index (χ4n) is 1.56. The molecule has 1 atom stereocenters. The van der Waals surface area contributed by atoms with Crippen LogP contribution in [0.3, 0.4) is 0 Å². The summed E-state index contributed by atoms with van der Waals surface area (Å²) in [6, 6.07) is 0. The highest BCUT2D eigenvalue weighted by Gasteiger charge is 2.28. The molecule has 1 unspecified atom stereocenters. The normalized spacial score (nSPS) is 27.2. The molecule has 1 heterocycles. The van der Waals surface area contributed by atoms with Gasteiger partial charge in [-0.3, -0.25) is 0 Å². The first-order chi connectivity index (χ1) is 6.62. The third kappa shape index (κ3) is 3.89. The maximum absolute atomic E-state index is 10.1. The zero-order valence-electron chi connectivity index (χ0n) is 8.45. The Morgan fingerprint density at radius 2 is 2.50 bits per heavy atom. The van der Waals surface area contributed by atoms with Crippen molar-refractivity contribution in [2.75, 3.05) is 19.7 Å². The van der Waals surface area contributed by atoms with Gasteiger partial charge in [0, 0.05) is 25.8 Å². The molecule has 0 amide bonds. The lowest BCUT2D eigenvalue weighted by atomic mass is 10.0. The molecule has 0 aromatic heterocycles. The Balaban J connectivity index is 2.11. The van der Waals surface area contributed by atoms with Crippen LogP contribution in [-0.2, 0) is 9.53 Å². The number of ether oxygens (including phenoxy) is 1. The van der Waals surface area contributed by atoms with Crippen molar-refractivity contribution in [1.82, 2.24) is 5.32 Å². The van der Waals surface area contributed by atoms with E-state index in [2.05, 4.69) is 12.2 Å². The zero-order chi connectivity index (χ0) is 10.4. The summed E-state index contributed by atoms with van der Waals surface area (Å²) in [7, 11) is 0. The molecule has 4 heteroatoms. The topological polar surface area (TPSA) is 58.6 Å². The number of hydrogen-bond donors (Lipinski definition) is 2. The summed E-state index contributed by atoms with van der Waals surface area (Å²) in [6.07, 6.45) is 4.93. The molecule has 2 N–H and O–H groups in total. The van der Waals surface area contributed by atoms with Crippen LogP contribution in [0, 0.1) is 0 Å². The van der Waals surface area contributed by atoms with Crippen LogP contribution in [0.25, 0.3) is 0 Å². The minimum Gasteiger partial charge on any atom is -0.478 e. The molecule has 0 aromatic carbocycles. The highest BCUT2D eigenvalue weighted by Crippen LogP contribution is 2.23. The Hall–Kier alpha value is -0.870. The van der Waals surface area contributed by atoms with Gasteiger partial charge >= 0.3 is 5.97 Å². The van der Waals surface area contributed by atoms with Gasteiger partial charge in [-0.25, -0.2) is 4.79 Å². The minimum atomic E-state index is -0.907. The van der Waals surface area contributed by atoms with Crippen LogP contribution < -0.4 is 5.32 Å². The summed E-state index contributed by atoms with van der Waals surface area (Å²) in [5.74, 6) is -0.907. The summed E-state index contributed by atoms with van der Waals surface area (Å²) in [5.41, 5.74) is -0.0585. The second-order valence-corrected chi connectivity index (χ2v) is 3.77. The van der Waals surface area contributed by atoms with E-state index in [1.165, 1.54) is 0 Å². The van der Waals surface area contributed by atoms with Crippen molar-refractivity contribution in [3.63, 3.8) is 0 Å². The second-order valence-electron chi connectivity index (χ2n) is 3.77. The maximum Gasteiger partial charge on any atom is 0.328 e. The maximum atomic E-state index is 10.1. The summed E-state index contributed by atoms with van der Waals surface area (Å²) in [5, 5.41) is 11.5. The van der Waals surface area contributed by atoms with Crippen molar-refractivity contribution in [2.24, 2.45) is 0 Å². The number of rotatable bonds is 5. The third-order valence-electron chi connectivity index (χ3n) is 2.32. The van der Waals surface area contributed by atoms with Gasteiger partial charge in [0.1, 0.15) is 0 Å². The number of carbonyl (C=O) groups is 1. The average Bonchev–Trinajstić information content (AvgIpc) is 2.51. The minimum absolute atomic E-state index is 0.0585. The predicted octanol–water partition coefficient (Wildman–Crippen LogP) is 0.786. The molecular weight excluding hydrogens is 182 g/mol. The van der Waals surface area contributed by atoms with Gasteiger partial charge in [0.05, 0.1) is 5.60 Å². The van der Waals surface area contributed by atoms with Crippen molar-refractivity contribution < 1.29 is 14.6 Å². The van der Waals surface area contributed by atoms with Crippen LogP contribution in [0.1, 0.15) is 19.8 Å². The van der Waals surface area contributed by atoms with Crippen molar-refractivity contribution >= 4 is 5.97 Å². The number of carboxylic acid groups (broad SMARTS) is 1. The molecule has 80 valence electrons. The molecule has 1 saturated heterocycles. The van der Waals surface area contributed by atoms with E-state index < -0.39 is 5.97 Å². The van der Waals surface area contributed by atoms with Crippen molar-refractivity contribution in [2.45, 2.75) is 25.4 Å². The van der Waals surface area contributed by atoms with Gasteiger partial charge in [-0.1, -0.05) is 6.08 Å². The molecular formula is C10H17NO3. The zero-order valence-corrected chi connectivity index (χ0v) is 8.45. The first-order valence-electron chi connectivity index (χ1n) is 4.87. The Labute approximate surface area is 83.9 Å². The molecule has 0 saturated carbocycles. The highest BCUT2D eigenvalue weighted by molar-refractivity contribution is 5.79. The second kappa shape index (κ2) is 5.12. The van der Waals surface area contributed by atoms with Crippen molar-refractivity contribution in [1.29, 1.82) is 0 Å². The van der Waals surface area contributed by atoms with E-state index in [4.69, 9.17) is 9.84 Å². The molecule has 4 nitrogen and oxygen atoms in total. The Bertz CT molecular complexity index is 219. The number of nitrogens with one attached hydrogen (secondary N) is 1. The van der Waals surface area contributed by atoms with Crippen LogP contribution in [-0.4, -0.2) is 36.4 Å². The van der Waals surface area contributed by atoms with Crippen LogP contribution in [0.4, 0.5) is 0 Å². The lowest BCUT2D eigenvalue weighted by Crippen LogP contribution is -2.37. The van der Waals surface area contributed by atoms with E-state index in [0.29, 0.717) is 6.54 Å². The Morgan fingerprint density at radius 3 is 3.07 bits per heavy atom. The first kappa shape index (κ1) is 11.2. The molecule has 0 radical (unpaired) electrons. The standard InChI is InChI=1S/C10H17NO3/c1-10(5-3-7-14-10)8-11-6-2-4-9(12)13/h2,4,11H,3,5-8H2,1H3,(H,12,13)/b4-2+. The lowest BCUT2D eigenvalue weighted by molar-refractivity contribution is -0.131. The molecule has 1 aliphatic rings. The van der Waals surface area contributed by atoms with Gasteiger partial charge < -0.3 is 15.2 Å². The van der Waals surface area contributed by atoms with E-state index in [1.54, 1.807) is 6.08 Å². The van der Waals surface area contributed by atoms with Crippen LogP contribution in [0.15, 0.2) is 12.2 Å². The lowest BCUT2D eigenvalue weighted by Gasteiger charge is -2.22. The van der Waals surface area contributed by atoms with E-state index >= 15 is 0 Å². The monoisotopic (exact) mass is 199 g/mol. The van der Waals surface area contributed by atoms with Gasteiger partial charge in [-0.05, 0) is 19.8 Å². The molecule has 14 heavy (non-hydrogen) atoms. The summed E-state index contributed by atoms with van der Waals surface area (Å²) in [4.78, 5) is 10.1. The van der Waals surface area contributed by atoms with Crippen LogP contribution in [0.2, 0.25) is 0 Å². The van der Waals surface area contributed by atoms with E-state index in [1.807, 2.05) is 0 Å². The van der Waals surface area contributed by atoms with E-state index in [-0.39, 0.29) is 5.60 Å². The summed E-state index contributed by atoms with van der Waals surface area (Å²) in [6.45, 7) is 4.26. The molecule has 1 rings (SSSR count). The van der Waals surface area contributed by atoms with Gasteiger partial charge in [-0.2, -0.15) is 0 Å². The SMILES string of the molecule is CC1(CNC/C=C/C(=O)O)CCCO1. The summed E-state index contributed by atoms with van der Waals surface area (Å²) < 4.78 is 5.57. The fraction of sp³-hybridized carbons (Fsp3) is 0.700. The van der Waals surface area contributed by atoms with Gasteiger partial charge in [0.2, 0.25) is 0 Å².